The standard InChI is InChI=1S/C37H48N2/c1-8-12-37(31-13-10-9-11-14-31)38-28(6)25-39-21-19-30(20-22-39)32-16-18-35-29(7)36(24-33(35)23-32)34(27(4)5)17-15-26(2)3/h9-14,16,18,23,30,34,36H,2,4,7-8,15,17,19-22,24-25H2,1,3,5-6H3/b37-12-,38-28?. The highest BCUT2D eigenvalue weighted by Crippen LogP contribution is 2.45. The van der Waals surface area contributed by atoms with Crippen LogP contribution in [0.15, 0.2) is 90.5 Å². The fraction of sp³-hybridized carbons (Fsp3) is 0.432. The van der Waals surface area contributed by atoms with Crippen molar-refractivity contribution in [3.05, 3.63) is 108 Å². The summed E-state index contributed by atoms with van der Waals surface area (Å²) in [7, 11) is 0. The quantitative estimate of drug-likeness (QED) is 0.213. The summed E-state index contributed by atoms with van der Waals surface area (Å²) in [6.45, 7) is 24.9. The molecular weight excluding hydrogens is 472 g/mol. The molecule has 1 fully saturated rings. The Morgan fingerprint density at radius 1 is 1.05 bits per heavy atom. The zero-order valence-corrected chi connectivity index (χ0v) is 24.8. The van der Waals surface area contributed by atoms with Crippen molar-refractivity contribution in [3.8, 4) is 0 Å². The zero-order valence-electron chi connectivity index (χ0n) is 24.8. The number of fused-ring (bicyclic) bond motifs is 1. The first-order valence-corrected chi connectivity index (χ1v) is 14.9. The van der Waals surface area contributed by atoms with Gasteiger partial charge >= 0.3 is 0 Å². The van der Waals surface area contributed by atoms with Crippen molar-refractivity contribution in [3.63, 3.8) is 0 Å². The number of rotatable bonds is 11. The fourth-order valence-electron chi connectivity index (χ4n) is 6.51. The van der Waals surface area contributed by atoms with Crippen molar-refractivity contribution in [1.29, 1.82) is 0 Å². The Balaban J connectivity index is 1.37. The van der Waals surface area contributed by atoms with Crippen molar-refractivity contribution >= 4 is 17.0 Å². The molecule has 0 bridgehead atoms. The lowest BCUT2D eigenvalue weighted by Gasteiger charge is -2.32. The van der Waals surface area contributed by atoms with E-state index in [0.29, 0.717) is 17.8 Å². The Labute approximate surface area is 237 Å². The van der Waals surface area contributed by atoms with Crippen molar-refractivity contribution < 1.29 is 0 Å². The highest BCUT2D eigenvalue weighted by atomic mass is 15.1. The van der Waals surface area contributed by atoms with Crippen molar-refractivity contribution in [2.24, 2.45) is 16.8 Å². The Morgan fingerprint density at radius 2 is 1.77 bits per heavy atom. The molecule has 0 amide bonds. The fourth-order valence-corrected chi connectivity index (χ4v) is 6.51. The maximum atomic E-state index is 5.03. The van der Waals surface area contributed by atoms with Gasteiger partial charge in [0.1, 0.15) is 0 Å². The van der Waals surface area contributed by atoms with Gasteiger partial charge in [0.25, 0.3) is 0 Å². The van der Waals surface area contributed by atoms with Gasteiger partial charge in [0.15, 0.2) is 0 Å². The van der Waals surface area contributed by atoms with E-state index in [2.05, 4.69) is 107 Å². The third kappa shape index (κ3) is 7.37. The van der Waals surface area contributed by atoms with Crippen molar-refractivity contribution in [2.75, 3.05) is 19.6 Å². The first-order valence-electron chi connectivity index (χ1n) is 14.9. The van der Waals surface area contributed by atoms with Crippen LogP contribution >= 0.6 is 0 Å². The molecule has 2 aliphatic rings. The molecule has 0 saturated carbocycles. The molecule has 0 aromatic heterocycles. The minimum Gasteiger partial charge on any atom is -0.298 e. The number of hydrogen-bond acceptors (Lipinski definition) is 2. The molecule has 2 atom stereocenters. The number of piperidine rings is 1. The Bertz CT molecular complexity index is 1240. The highest BCUT2D eigenvalue weighted by Gasteiger charge is 2.33. The van der Waals surface area contributed by atoms with Crippen molar-refractivity contribution in [2.45, 2.75) is 72.1 Å². The van der Waals surface area contributed by atoms with Gasteiger partial charge in [-0.3, -0.25) is 9.89 Å². The molecule has 0 spiro atoms. The lowest BCUT2D eigenvalue weighted by Crippen LogP contribution is -2.36. The second-order valence-electron chi connectivity index (χ2n) is 12.0. The molecule has 1 aliphatic heterocycles. The summed E-state index contributed by atoms with van der Waals surface area (Å²) in [6, 6.07) is 17.8. The van der Waals surface area contributed by atoms with E-state index >= 15 is 0 Å². The van der Waals surface area contributed by atoms with Crippen LogP contribution in [-0.2, 0) is 6.42 Å². The van der Waals surface area contributed by atoms with Crippen LogP contribution in [0, 0.1) is 11.8 Å². The highest BCUT2D eigenvalue weighted by molar-refractivity contribution is 5.89. The molecule has 0 radical (unpaired) electrons. The van der Waals surface area contributed by atoms with E-state index in [1.54, 1.807) is 0 Å². The SMILES string of the molecule is C=C(C)CCC(C(=C)C)C1Cc2cc(C3CCN(CC(C)=N/C(=C\CC)c4ccccc4)CC3)ccc2C1=C. The van der Waals surface area contributed by atoms with Gasteiger partial charge in [-0.15, -0.1) is 6.58 Å². The predicted molar refractivity (Wildman–Crippen MR) is 171 cm³/mol. The van der Waals surface area contributed by atoms with Crippen LogP contribution in [-0.4, -0.2) is 30.2 Å². The summed E-state index contributed by atoms with van der Waals surface area (Å²) in [5.41, 5.74) is 11.7. The third-order valence-electron chi connectivity index (χ3n) is 8.65. The van der Waals surface area contributed by atoms with Gasteiger partial charge in [-0.05, 0) is 118 Å². The van der Waals surface area contributed by atoms with Gasteiger partial charge in [-0.1, -0.05) is 85.8 Å². The maximum absolute atomic E-state index is 5.03. The summed E-state index contributed by atoms with van der Waals surface area (Å²) < 4.78 is 0. The Morgan fingerprint density at radius 3 is 2.41 bits per heavy atom. The summed E-state index contributed by atoms with van der Waals surface area (Å²) in [5, 5.41) is 0. The molecule has 2 aromatic carbocycles. The lowest BCUT2D eigenvalue weighted by atomic mass is 9.79. The van der Waals surface area contributed by atoms with Gasteiger partial charge < -0.3 is 0 Å². The Kier molecular flexibility index (Phi) is 9.97. The Hall–Kier alpha value is -2.97. The van der Waals surface area contributed by atoms with E-state index in [0.717, 1.165) is 51.0 Å². The number of benzene rings is 2. The first-order chi connectivity index (χ1) is 18.8. The predicted octanol–water partition coefficient (Wildman–Crippen LogP) is 9.51. The van der Waals surface area contributed by atoms with Gasteiger partial charge in [0.05, 0.1) is 5.70 Å². The average molecular weight is 521 g/mol. The van der Waals surface area contributed by atoms with E-state index < -0.39 is 0 Å². The molecule has 2 heteroatoms. The number of allylic oxidation sites excluding steroid dienone is 4. The molecule has 4 rings (SSSR count). The minimum atomic E-state index is 0.471. The first kappa shape index (κ1) is 29.0. The molecule has 0 N–H and O–H groups in total. The number of likely N-dealkylation sites (tertiary alicyclic amines) is 1. The third-order valence-corrected chi connectivity index (χ3v) is 8.65. The lowest BCUT2D eigenvalue weighted by molar-refractivity contribution is 0.238. The van der Waals surface area contributed by atoms with Crippen molar-refractivity contribution in [1.82, 2.24) is 4.90 Å². The van der Waals surface area contributed by atoms with Crippen LogP contribution in [0.4, 0.5) is 0 Å². The van der Waals surface area contributed by atoms with Gasteiger partial charge in [-0.2, -0.15) is 0 Å². The molecule has 39 heavy (non-hydrogen) atoms. The number of aliphatic imine (C=N–C) groups is 1. The summed E-state index contributed by atoms with van der Waals surface area (Å²) in [5.74, 6) is 1.59. The van der Waals surface area contributed by atoms with E-state index in [1.165, 1.54) is 57.5 Å². The van der Waals surface area contributed by atoms with E-state index in [9.17, 15) is 0 Å². The molecule has 206 valence electrons. The second kappa shape index (κ2) is 13.4. The van der Waals surface area contributed by atoms with Crippen LogP contribution in [0.25, 0.3) is 11.3 Å². The monoisotopic (exact) mass is 520 g/mol. The molecule has 2 aromatic rings. The van der Waals surface area contributed by atoms with E-state index in [4.69, 9.17) is 4.99 Å². The molecule has 2 nitrogen and oxygen atoms in total. The van der Waals surface area contributed by atoms with Gasteiger partial charge in [-0.25, -0.2) is 0 Å². The van der Waals surface area contributed by atoms with E-state index in [-0.39, 0.29) is 0 Å². The average Bonchev–Trinajstić information content (AvgIpc) is 3.24. The maximum Gasteiger partial charge on any atom is 0.0661 e. The molecule has 1 saturated heterocycles. The van der Waals surface area contributed by atoms with Crippen LogP contribution in [0.3, 0.4) is 0 Å². The number of nitrogens with zero attached hydrogens (tertiary/aromatic N) is 2. The number of hydrogen-bond donors (Lipinski definition) is 0. The van der Waals surface area contributed by atoms with Gasteiger partial charge in [0.2, 0.25) is 0 Å². The van der Waals surface area contributed by atoms with Crippen LogP contribution in [0.5, 0.6) is 0 Å². The largest absolute Gasteiger partial charge is 0.298 e. The van der Waals surface area contributed by atoms with Gasteiger partial charge in [0, 0.05) is 12.3 Å². The second-order valence-corrected chi connectivity index (χ2v) is 12.0. The van der Waals surface area contributed by atoms with Crippen LogP contribution < -0.4 is 0 Å². The zero-order chi connectivity index (χ0) is 27.9. The summed E-state index contributed by atoms with van der Waals surface area (Å²) >= 11 is 0. The minimum absolute atomic E-state index is 0.471. The molecule has 1 aliphatic carbocycles. The molecule has 1 heterocycles. The normalized spacial score (nSPS) is 19.7. The molecule has 2 unspecified atom stereocenters. The molecular formula is C37H48N2. The van der Waals surface area contributed by atoms with Crippen LogP contribution in [0.2, 0.25) is 0 Å². The van der Waals surface area contributed by atoms with E-state index in [1.807, 2.05) is 0 Å². The van der Waals surface area contributed by atoms with Crippen LogP contribution in [0.1, 0.15) is 88.0 Å². The summed E-state index contributed by atoms with van der Waals surface area (Å²) in [6.07, 6.45) is 8.92. The smallest absolute Gasteiger partial charge is 0.0661 e. The topological polar surface area (TPSA) is 15.6 Å². The summed E-state index contributed by atoms with van der Waals surface area (Å²) in [4.78, 5) is 7.60.